The van der Waals surface area contributed by atoms with Crippen molar-refractivity contribution in [3.63, 3.8) is 0 Å². The lowest BCUT2D eigenvalue weighted by atomic mass is 10.2. The first kappa shape index (κ1) is 10.4. The van der Waals surface area contributed by atoms with Crippen LogP contribution >= 0.6 is 0 Å². The van der Waals surface area contributed by atoms with Gasteiger partial charge in [0.15, 0.2) is 12.2 Å². The molecule has 0 radical (unpaired) electrons. The van der Waals surface area contributed by atoms with Gasteiger partial charge in [-0.05, 0) is 17.7 Å². The molecule has 4 nitrogen and oxygen atoms in total. The van der Waals surface area contributed by atoms with E-state index in [1.54, 1.807) is 6.08 Å². The average Bonchev–Trinajstić information content (AvgIpc) is 2.67. The fourth-order valence-electron chi connectivity index (χ4n) is 1.34. The first-order chi connectivity index (χ1) is 7.69. The second-order valence-corrected chi connectivity index (χ2v) is 3.32. The van der Waals surface area contributed by atoms with Crippen molar-refractivity contribution in [2.75, 3.05) is 0 Å². The van der Waals surface area contributed by atoms with Gasteiger partial charge in [-0.25, -0.2) is 4.98 Å². The molecule has 0 saturated carbocycles. The number of esters is 1. The summed E-state index contributed by atoms with van der Waals surface area (Å²) in [5.41, 5.74) is 2.37. The second kappa shape index (κ2) is 4.18. The fourth-order valence-corrected chi connectivity index (χ4v) is 1.34. The van der Waals surface area contributed by atoms with Gasteiger partial charge < -0.3 is 9.15 Å². The molecule has 0 fully saturated rings. The Morgan fingerprint density at radius 1 is 1.62 bits per heavy atom. The van der Waals surface area contributed by atoms with Gasteiger partial charge in [-0.2, -0.15) is 0 Å². The largest absolute Gasteiger partial charge is 0.456 e. The fraction of sp³-hybridized carbons (Fsp3) is 0.167. The molecular formula is C12H11NO3. The van der Waals surface area contributed by atoms with Crippen molar-refractivity contribution in [1.29, 1.82) is 0 Å². The van der Waals surface area contributed by atoms with Crippen LogP contribution in [-0.2, 0) is 16.1 Å². The first-order valence-corrected chi connectivity index (χ1v) is 4.84. The molecule has 1 heterocycles. The number of carbonyl (C=O) groups is 1. The predicted octanol–water partition coefficient (Wildman–Crippen LogP) is 2.53. The van der Waals surface area contributed by atoms with E-state index in [4.69, 9.17) is 9.15 Å². The molecule has 0 amide bonds. The molecule has 2 rings (SSSR count). The lowest BCUT2D eigenvalue weighted by molar-refractivity contribution is -0.142. The molecule has 0 saturated heterocycles. The van der Waals surface area contributed by atoms with Crippen LogP contribution in [0.1, 0.15) is 18.4 Å². The molecule has 16 heavy (non-hydrogen) atoms. The number of carbonyl (C=O) groups excluding carboxylic acids is 1. The molecule has 0 aliphatic rings. The van der Waals surface area contributed by atoms with Crippen LogP contribution in [0.5, 0.6) is 0 Å². The summed E-state index contributed by atoms with van der Waals surface area (Å²) in [6, 6.07) is 5.58. The van der Waals surface area contributed by atoms with Crippen molar-refractivity contribution in [1.82, 2.24) is 4.98 Å². The molecule has 0 unspecified atom stereocenters. The average molecular weight is 217 g/mol. The Morgan fingerprint density at radius 2 is 2.44 bits per heavy atom. The van der Waals surface area contributed by atoms with Gasteiger partial charge in [-0.15, -0.1) is 0 Å². The monoisotopic (exact) mass is 217 g/mol. The van der Waals surface area contributed by atoms with E-state index in [2.05, 4.69) is 11.6 Å². The first-order valence-electron chi connectivity index (χ1n) is 4.84. The highest BCUT2D eigenvalue weighted by Gasteiger charge is 2.06. The molecule has 0 spiro atoms. The third-order valence-corrected chi connectivity index (χ3v) is 2.09. The highest BCUT2D eigenvalue weighted by molar-refractivity contribution is 5.75. The van der Waals surface area contributed by atoms with E-state index < -0.39 is 0 Å². The van der Waals surface area contributed by atoms with Crippen molar-refractivity contribution < 1.29 is 13.9 Å². The highest BCUT2D eigenvalue weighted by atomic mass is 16.5. The van der Waals surface area contributed by atoms with E-state index in [1.807, 2.05) is 18.2 Å². The molecule has 0 aliphatic heterocycles. The Labute approximate surface area is 92.5 Å². The van der Waals surface area contributed by atoms with E-state index in [1.165, 1.54) is 6.92 Å². The number of benzene rings is 1. The number of nitrogens with zero attached hydrogens (tertiary/aromatic N) is 1. The van der Waals surface area contributed by atoms with Crippen LogP contribution in [0.25, 0.3) is 17.2 Å². The van der Waals surface area contributed by atoms with Crippen molar-refractivity contribution >= 4 is 23.1 Å². The zero-order valence-electron chi connectivity index (χ0n) is 8.90. The van der Waals surface area contributed by atoms with Gasteiger partial charge >= 0.3 is 5.97 Å². The van der Waals surface area contributed by atoms with Crippen LogP contribution < -0.4 is 0 Å². The zero-order valence-corrected chi connectivity index (χ0v) is 8.90. The summed E-state index contributed by atoms with van der Waals surface area (Å²) in [6.07, 6.45) is 1.73. The predicted molar refractivity (Wildman–Crippen MR) is 59.6 cm³/mol. The highest BCUT2D eigenvalue weighted by Crippen LogP contribution is 2.18. The van der Waals surface area contributed by atoms with Gasteiger partial charge in [-0.1, -0.05) is 18.7 Å². The Kier molecular flexibility index (Phi) is 2.72. The third kappa shape index (κ3) is 2.11. The van der Waals surface area contributed by atoms with Gasteiger partial charge in [0.25, 0.3) is 0 Å². The lowest BCUT2D eigenvalue weighted by Gasteiger charge is -1.94. The molecule has 0 aliphatic carbocycles. The summed E-state index contributed by atoms with van der Waals surface area (Å²) >= 11 is 0. The van der Waals surface area contributed by atoms with Crippen molar-refractivity contribution in [3.05, 3.63) is 36.2 Å². The van der Waals surface area contributed by atoms with Gasteiger partial charge in [0.05, 0.1) is 0 Å². The van der Waals surface area contributed by atoms with E-state index in [0.717, 1.165) is 11.1 Å². The van der Waals surface area contributed by atoms with Crippen LogP contribution in [-0.4, -0.2) is 11.0 Å². The molecule has 0 bridgehead atoms. The summed E-state index contributed by atoms with van der Waals surface area (Å²) in [6.45, 7) is 5.08. The number of aromatic nitrogens is 1. The SMILES string of the molecule is C=Cc1ccc2nc(COC(C)=O)oc2c1. The molecule has 2 aromatic rings. The number of fused-ring (bicyclic) bond motifs is 1. The molecule has 4 heteroatoms. The molecule has 0 N–H and O–H groups in total. The maximum atomic E-state index is 10.6. The van der Waals surface area contributed by atoms with E-state index in [-0.39, 0.29) is 12.6 Å². The number of ether oxygens (including phenoxy) is 1. The third-order valence-electron chi connectivity index (χ3n) is 2.09. The van der Waals surface area contributed by atoms with Crippen LogP contribution in [0.2, 0.25) is 0 Å². The number of hydrogen-bond donors (Lipinski definition) is 0. The van der Waals surface area contributed by atoms with Gasteiger partial charge in [-0.3, -0.25) is 4.79 Å². The Morgan fingerprint density at radius 3 is 3.12 bits per heavy atom. The minimum Gasteiger partial charge on any atom is -0.456 e. The standard InChI is InChI=1S/C12H11NO3/c1-3-9-4-5-10-11(6-9)16-12(13-10)7-15-8(2)14/h3-6H,1,7H2,2H3. The van der Waals surface area contributed by atoms with Gasteiger partial charge in [0, 0.05) is 6.92 Å². The van der Waals surface area contributed by atoms with Crippen LogP contribution in [0, 0.1) is 0 Å². The topological polar surface area (TPSA) is 52.3 Å². The maximum absolute atomic E-state index is 10.6. The zero-order chi connectivity index (χ0) is 11.5. The van der Waals surface area contributed by atoms with E-state index in [9.17, 15) is 4.79 Å². The Hall–Kier alpha value is -2.10. The maximum Gasteiger partial charge on any atom is 0.303 e. The van der Waals surface area contributed by atoms with Crippen molar-refractivity contribution in [3.8, 4) is 0 Å². The summed E-state index contributed by atoms with van der Waals surface area (Å²) in [5, 5.41) is 0. The summed E-state index contributed by atoms with van der Waals surface area (Å²) in [5.74, 6) is 0.0421. The normalized spacial score (nSPS) is 10.3. The summed E-state index contributed by atoms with van der Waals surface area (Å²) < 4.78 is 10.2. The van der Waals surface area contributed by atoms with Gasteiger partial charge in [0.1, 0.15) is 5.52 Å². The van der Waals surface area contributed by atoms with Crippen LogP contribution in [0.4, 0.5) is 0 Å². The quantitative estimate of drug-likeness (QED) is 0.741. The molecule has 1 aromatic heterocycles. The summed E-state index contributed by atoms with van der Waals surface area (Å²) in [4.78, 5) is 14.8. The van der Waals surface area contributed by atoms with Crippen molar-refractivity contribution in [2.45, 2.75) is 13.5 Å². The lowest BCUT2D eigenvalue weighted by Crippen LogP contribution is -1.98. The smallest absolute Gasteiger partial charge is 0.303 e. The second-order valence-electron chi connectivity index (χ2n) is 3.32. The van der Waals surface area contributed by atoms with Gasteiger partial charge in [0.2, 0.25) is 5.89 Å². The minimum absolute atomic E-state index is 0.0629. The molecule has 0 atom stereocenters. The van der Waals surface area contributed by atoms with E-state index >= 15 is 0 Å². The van der Waals surface area contributed by atoms with Crippen LogP contribution in [0.15, 0.2) is 29.2 Å². The summed E-state index contributed by atoms with van der Waals surface area (Å²) in [7, 11) is 0. The van der Waals surface area contributed by atoms with Crippen LogP contribution in [0.3, 0.4) is 0 Å². The van der Waals surface area contributed by atoms with Crippen molar-refractivity contribution in [2.24, 2.45) is 0 Å². The number of rotatable bonds is 3. The minimum atomic E-state index is -0.353. The molecule has 82 valence electrons. The Balaban J connectivity index is 2.29. The van der Waals surface area contributed by atoms with E-state index in [0.29, 0.717) is 11.5 Å². The number of hydrogen-bond acceptors (Lipinski definition) is 4. The Bertz CT molecular complexity index is 542. The number of oxazole rings is 1. The molecule has 1 aromatic carbocycles. The molecular weight excluding hydrogens is 206 g/mol.